The van der Waals surface area contributed by atoms with Gasteiger partial charge in [-0.05, 0) is 48.1 Å². The highest BCUT2D eigenvalue weighted by molar-refractivity contribution is 5.85. The van der Waals surface area contributed by atoms with E-state index in [2.05, 4.69) is 54.7 Å². The van der Waals surface area contributed by atoms with Crippen LogP contribution in [0.4, 0.5) is 0 Å². The van der Waals surface area contributed by atoms with Gasteiger partial charge in [0.2, 0.25) is 0 Å². The molecule has 1 nitrogen and oxygen atoms in total. The predicted octanol–water partition coefficient (Wildman–Crippen LogP) is 4.55. The zero-order valence-corrected chi connectivity index (χ0v) is 12.4. The normalized spacial score (nSPS) is 16.4. The minimum Gasteiger partial charge on any atom is -0.314 e. The summed E-state index contributed by atoms with van der Waals surface area (Å²) < 4.78 is 0. The van der Waals surface area contributed by atoms with E-state index in [9.17, 15) is 0 Å². The fourth-order valence-electron chi connectivity index (χ4n) is 3.08. The lowest BCUT2D eigenvalue weighted by molar-refractivity contribution is 0.456. The Morgan fingerprint density at radius 1 is 1.10 bits per heavy atom. The number of rotatable bonds is 7. The van der Waals surface area contributed by atoms with E-state index >= 15 is 0 Å². The summed E-state index contributed by atoms with van der Waals surface area (Å²) in [5.74, 6) is 0.985. The van der Waals surface area contributed by atoms with Crippen LogP contribution in [0.5, 0.6) is 0 Å². The number of nitrogens with one attached hydrogen (secondary N) is 1. The highest BCUT2D eigenvalue weighted by atomic mass is 14.9. The Morgan fingerprint density at radius 3 is 2.70 bits per heavy atom. The molecule has 1 N–H and O–H groups in total. The molecule has 1 unspecified atom stereocenters. The van der Waals surface area contributed by atoms with Gasteiger partial charge in [0.25, 0.3) is 0 Å². The maximum absolute atomic E-state index is 3.75. The summed E-state index contributed by atoms with van der Waals surface area (Å²) in [6.07, 6.45) is 6.62. The van der Waals surface area contributed by atoms with Crippen LogP contribution in [0.25, 0.3) is 10.8 Å². The highest BCUT2D eigenvalue weighted by Gasteiger charge is 2.25. The molecule has 0 aromatic heterocycles. The van der Waals surface area contributed by atoms with Gasteiger partial charge in [-0.25, -0.2) is 0 Å². The van der Waals surface area contributed by atoms with Crippen molar-refractivity contribution in [2.75, 3.05) is 6.54 Å². The molecule has 1 fully saturated rings. The molecule has 0 radical (unpaired) electrons. The van der Waals surface area contributed by atoms with Crippen molar-refractivity contribution in [2.45, 2.75) is 45.1 Å². The lowest BCUT2D eigenvalue weighted by Crippen LogP contribution is -2.32. The first-order chi connectivity index (χ1) is 9.86. The van der Waals surface area contributed by atoms with Gasteiger partial charge in [-0.2, -0.15) is 0 Å². The Hall–Kier alpha value is -1.34. The van der Waals surface area contributed by atoms with Crippen molar-refractivity contribution >= 4 is 10.8 Å². The molecular weight excluding hydrogens is 242 g/mol. The third kappa shape index (κ3) is 3.40. The van der Waals surface area contributed by atoms with Crippen LogP contribution < -0.4 is 5.32 Å². The molecule has 106 valence electrons. The van der Waals surface area contributed by atoms with Crippen molar-refractivity contribution in [1.82, 2.24) is 5.32 Å². The highest BCUT2D eigenvalue weighted by Crippen LogP contribution is 2.34. The number of hydrogen-bond acceptors (Lipinski definition) is 1. The van der Waals surface area contributed by atoms with Gasteiger partial charge in [0.05, 0.1) is 0 Å². The number of hydrogen-bond donors (Lipinski definition) is 1. The third-order valence-corrected chi connectivity index (χ3v) is 4.34. The van der Waals surface area contributed by atoms with Crippen LogP contribution in [0.2, 0.25) is 0 Å². The fraction of sp³-hybridized carbons (Fsp3) is 0.474. The van der Waals surface area contributed by atoms with Crippen molar-refractivity contribution in [3.05, 3.63) is 48.0 Å². The average Bonchev–Trinajstić information content (AvgIpc) is 3.29. The van der Waals surface area contributed by atoms with Crippen LogP contribution in [0, 0.1) is 5.92 Å². The van der Waals surface area contributed by atoms with Gasteiger partial charge >= 0.3 is 0 Å². The summed E-state index contributed by atoms with van der Waals surface area (Å²) in [7, 11) is 0. The lowest BCUT2D eigenvalue weighted by atomic mass is 9.96. The second-order valence-corrected chi connectivity index (χ2v) is 6.17. The molecule has 0 spiro atoms. The van der Waals surface area contributed by atoms with Crippen LogP contribution in [-0.2, 0) is 6.42 Å². The monoisotopic (exact) mass is 267 g/mol. The summed E-state index contributed by atoms with van der Waals surface area (Å²) >= 11 is 0. The summed E-state index contributed by atoms with van der Waals surface area (Å²) in [6.45, 7) is 3.39. The van der Waals surface area contributed by atoms with E-state index in [1.807, 2.05) is 0 Å². The molecule has 3 rings (SSSR count). The van der Waals surface area contributed by atoms with Crippen molar-refractivity contribution in [2.24, 2.45) is 5.92 Å². The SMILES string of the molecule is CCCNC(Cc1cccc2ccccc12)CC1CC1. The van der Waals surface area contributed by atoms with Gasteiger partial charge in [0, 0.05) is 6.04 Å². The zero-order chi connectivity index (χ0) is 13.8. The second kappa shape index (κ2) is 6.41. The van der Waals surface area contributed by atoms with E-state index in [1.165, 1.54) is 42.0 Å². The summed E-state index contributed by atoms with van der Waals surface area (Å²) in [5.41, 5.74) is 1.50. The molecule has 0 bridgehead atoms. The van der Waals surface area contributed by atoms with Gasteiger partial charge in [0.1, 0.15) is 0 Å². The first kappa shape index (κ1) is 13.6. The summed E-state index contributed by atoms with van der Waals surface area (Å²) in [4.78, 5) is 0. The second-order valence-electron chi connectivity index (χ2n) is 6.17. The molecule has 0 heterocycles. The lowest BCUT2D eigenvalue weighted by Gasteiger charge is -2.19. The molecule has 0 aliphatic heterocycles. The largest absolute Gasteiger partial charge is 0.314 e. The molecule has 2 aromatic carbocycles. The topological polar surface area (TPSA) is 12.0 Å². The van der Waals surface area contributed by atoms with Crippen molar-refractivity contribution in [1.29, 1.82) is 0 Å². The van der Waals surface area contributed by atoms with E-state index in [1.54, 1.807) is 0 Å². The maximum atomic E-state index is 3.75. The predicted molar refractivity (Wildman–Crippen MR) is 87.1 cm³/mol. The molecule has 1 aliphatic carbocycles. The molecule has 1 atom stereocenters. The van der Waals surface area contributed by atoms with Crippen LogP contribution in [0.1, 0.15) is 38.2 Å². The van der Waals surface area contributed by atoms with Crippen LogP contribution in [0.15, 0.2) is 42.5 Å². The quantitative estimate of drug-likeness (QED) is 0.776. The molecule has 0 saturated heterocycles. The molecule has 20 heavy (non-hydrogen) atoms. The molecule has 2 aromatic rings. The molecule has 1 saturated carbocycles. The van der Waals surface area contributed by atoms with Gasteiger partial charge < -0.3 is 5.32 Å². The van der Waals surface area contributed by atoms with E-state index < -0.39 is 0 Å². The Labute approximate surface area is 122 Å². The summed E-state index contributed by atoms with van der Waals surface area (Å²) in [6, 6.07) is 16.1. The van der Waals surface area contributed by atoms with E-state index in [0.29, 0.717) is 6.04 Å². The van der Waals surface area contributed by atoms with Gasteiger partial charge in [0.15, 0.2) is 0 Å². The van der Waals surface area contributed by atoms with Crippen LogP contribution in [-0.4, -0.2) is 12.6 Å². The average molecular weight is 267 g/mol. The van der Waals surface area contributed by atoms with Crippen molar-refractivity contribution in [3.8, 4) is 0 Å². The zero-order valence-electron chi connectivity index (χ0n) is 12.4. The Bertz CT molecular complexity index is 551. The number of fused-ring (bicyclic) bond motifs is 1. The smallest absolute Gasteiger partial charge is 0.0110 e. The Morgan fingerprint density at radius 2 is 1.90 bits per heavy atom. The van der Waals surface area contributed by atoms with Crippen molar-refractivity contribution < 1.29 is 0 Å². The molecule has 1 heteroatoms. The van der Waals surface area contributed by atoms with E-state index in [0.717, 1.165) is 18.9 Å². The maximum Gasteiger partial charge on any atom is 0.0110 e. The van der Waals surface area contributed by atoms with Crippen molar-refractivity contribution in [3.63, 3.8) is 0 Å². The Balaban J connectivity index is 1.77. The van der Waals surface area contributed by atoms with Gasteiger partial charge in [-0.15, -0.1) is 0 Å². The van der Waals surface area contributed by atoms with Gasteiger partial charge in [-0.3, -0.25) is 0 Å². The minimum absolute atomic E-state index is 0.647. The third-order valence-electron chi connectivity index (χ3n) is 4.34. The van der Waals surface area contributed by atoms with Gasteiger partial charge in [-0.1, -0.05) is 62.2 Å². The standard InChI is InChI=1S/C19H25N/c1-2-12-20-18(13-15-10-11-15)14-17-8-5-7-16-6-3-4-9-19(16)17/h3-9,15,18,20H,2,10-14H2,1H3. The van der Waals surface area contributed by atoms with E-state index in [-0.39, 0.29) is 0 Å². The van der Waals surface area contributed by atoms with Crippen LogP contribution in [0.3, 0.4) is 0 Å². The van der Waals surface area contributed by atoms with Crippen LogP contribution >= 0.6 is 0 Å². The molecular formula is C19H25N. The summed E-state index contributed by atoms with van der Waals surface area (Å²) in [5, 5.41) is 6.55. The van der Waals surface area contributed by atoms with E-state index in [4.69, 9.17) is 0 Å². The first-order valence-corrected chi connectivity index (χ1v) is 8.07. The fourth-order valence-corrected chi connectivity index (χ4v) is 3.08. The molecule has 0 amide bonds. The molecule has 1 aliphatic rings. The number of benzene rings is 2. The minimum atomic E-state index is 0.647. The Kier molecular flexibility index (Phi) is 4.37. The first-order valence-electron chi connectivity index (χ1n) is 8.07.